The standard InChI is InChI=1S/C17H11Cl3N2O2S2/c1-24-16(23)15-14(20)10-4-3-9(7-13(10)26-15)21-17(25)22-12-6-8(18)2-5-11(12)19/h2-7H,1H3,(H2,21,22,25). The lowest BCUT2D eigenvalue weighted by Gasteiger charge is -2.12. The minimum atomic E-state index is -0.460. The number of benzene rings is 2. The molecule has 2 aromatic carbocycles. The molecule has 1 aromatic heterocycles. The van der Waals surface area contributed by atoms with Crippen LogP contribution in [0, 0.1) is 0 Å². The smallest absolute Gasteiger partial charge is 0.349 e. The van der Waals surface area contributed by atoms with E-state index in [9.17, 15) is 4.79 Å². The summed E-state index contributed by atoms with van der Waals surface area (Å²) in [6, 6.07) is 10.5. The van der Waals surface area contributed by atoms with Crippen molar-refractivity contribution in [3.05, 3.63) is 56.3 Å². The fraction of sp³-hybridized carbons (Fsp3) is 0.0588. The van der Waals surface area contributed by atoms with Gasteiger partial charge in [0.1, 0.15) is 4.88 Å². The summed E-state index contributed by atoms with van der Waals surface area (Å²) >= 11 is 24.9. The molecule has 0 aliphatic rings. The van der Waals surface area contributed by atoms with E-state index in [2.05, 4.69) is 10.6 Å². The first kappa shape index (κ1) is 19.2. The highest BCUT2D eigenvalue weighted by atomic mass is 35.5. The first-order valence-corrected chi connectivity index (χ1v) is 9.58. The van der Waals surface area contributed by atoms with Gasteiger partial charge < -0.3 is 15.4 Å². The topological polar surface area (TPSA) is 50.4 Å². The van der Waals surface area contributed by atoms with Crippen molar-refractivity contribution < 1.29 is 9.53 Å². The quantitative estimate of drug-likeness (QED) is 0.358. The molecular weight excluding hydrogens is 435 g/mol. The van der Waals surface area contributed by atoms with Crippen LogP contribution in [0.25, 0.3) is 10.1 Å². The van der Waals surface area contributed by atoms with Crippen LogP contribution in [-0.2, 0) is 4.74 Å². The van der Waals surface area contributed by atoms with Gasteiger partial charge in [0.05, 0.1) is 22.8 Å². The summed E-state index contributed by atoms with van der Waals surface area (Å²) in [4.78, 5) is 12.1. The van der Waals surface area contributed by atoms with Gasteiger partial charge in [-0.3, -0.25) is 0 Å². The minimum Gasteiger partial charge on any atom is -0.465 e. The first-order chi connectivity index (χ1) is 12.4. The van der Waals surface area contributed by atoms with Gasteiger partial charge >= 0.3 is 5.97 Å². The number of carbonyl (C=O) groups excluding carboxylic acids is 1. The Labute approximate surface area is 174 Å². The number of ether oxygens (including phenoxy) is 1. The van der Waals surface area contributed by atoms with Crippen molar-refractivity contribution in [2.24, 2.45) is 0 Å². The Balaban J connectivity index is 1.81. The molecule has 0 fully saturated rings. The van der Waals surface area contributed by atoms with Crippen molar-refractivity contribution >= 4 is 90.9 Å². The summed E-state index contributed by atoms with van der Waals surface area (Å²) in [5.41, 5.74) is 1.34. The minimum absolute atomic E-state index is 0.351. The van der Waals surface area contributed by atoms with E-state index in [-0.39, 0.29) is 0 Å². The van der Waals surface area contributed by atoms with Crippen molar-refractivity contribution in [2.45, 2.75) is 0 Å². The zero-order valence-corrected chi connectivity index (χ0v) is 17.1. The van der Waals surface area contributed by atoms with Crippen LogP contribution in [0.15, 0.2) is 36.4 Å². The summed E-state index contributed by atoms with van der Waals surface area (Å²) in [6.07, 6.45) is 0. The highest BCUT2D eigenvalue weighted by Crippen LogP contribution is 2.37. The monoisotopic (exact) mass is 444 g/mol. The number of thiocarbonyl (C=S) groups is 1. The normalized spacial score (nSPS) is 10.6. The van der Waals surface area contributed by atoms with E-state index in [1.54, 1.807) is 18.2 Å². The highest BCUT2D eigenvalue weighted by molar-refractivity contribution is 7.80. The van der Waals surface area contributed by atoms with Crippen LogP contribution in [0.5, 0.6) is 0 Å². The van der Waals surface area contributed by atoms with E-state index in [4.69, 9.17) is 51.8 Å². The fourth-order valence-corrected chi connectivity index (χ4v) is 4.28. The maximum atomic E-state index is 11.8. The van der Waals surface area contributed by atoms with Crippen LogP contribution in [0.2, 0.25) is 15.1 Å². The molecule has 0 atom stereocenters. The Morgan fingerprint density at radius 3 is 2.62 bits per heavy atom. The van der Waals surface area contributed by atoms with Gasteiger partial charge in [-0.05, 0) is 48.6 Å². The second-order valence-electron chi connectivity index (χ2n) is 5.15. The maximum Gasteiger partial charge on any atom is 0.349 e. The van der Waals surface area contributed by atoms with Gasteiger partial charge in [-0.25, -0.2) is 4.79 Å². The van der Waals surface area contributed by atoms with Crippen LogP contribution in [0.1, 0.15) is 9.67 Å². The van der Waals surface area contributed by atoms with Gasteiger partial charge in [-0.2, -0.15) is 0 Å². The molecule has 0 aliphatic carbocycles. The third-order valence-electron chi connectivity index (χ3n) is 3.43. The van der Waals surface area contributed by atoms with Crippen LogP contribution in [-0.4, -0.2) is 18.2 Å². The number of methoxy groups -OCH3 is 1. The molecule has 0 saturated heterocycles. The predicted molar refractivity (Wildman–Crippen MR) is 114 cm³/mol. The van der Waals surface area contributed by atoms with Crippen LogP contribution in [0.3, 0.4) is 0 Å². The van der Waals surface area contributed by atoms with Gasteiger partial charge in [0.25, 0.3) is 0 Å². The van der Waals surface area contributed by atoms with E-state index in [0.717, 1.165) is 15.8 Å². The van der Waals surface area contributed by atoms with E-state index in [1.807, 2.05) is 18.2 Å². The Bertz CT molecular complexity index is 1020. The Hall–Kier alpha value is -1.57. The molecule has 0 saturated carbocycles. The number of hydrogen-bond acceptors (Lipinski definition) is 4. The molecule has 0 bridgehead atoms. The maximum absolute atomic E-state index is 11.8. The van der Waals surface area contributed by atoms with E-state index in [1.165, 1.54) is 18.4 Å². The average Bonchev–Trinajstić information content (AvgIpc) is 2.93. The van der Waals surface area contributed by atoms with Crippen molar-refractivity contribution in [2.75, 3.05) is 17.7 Å². The highest BCUT2D eigenvalue weighted by Gasteiger charge is 2.17. The molecule has 2 N–H and O–H groups in total. The molecule has 4 nitrogen and oxygen atoms in total. The fourth-order valence-electron chi connectivity index (χ4n) is 2.24. The van der Waals surface area contributed by atoms with Gasteiger partial charge in [-0.1, -0.05) is 34.8 Å². The SMILES string of the molecule is COC(=O)c1sc2cc(NC(=S)Nc3cc(Cl)ccc3Cl)ccc2c1Cl. The Morgan fingerprint density at radius 2 is 1.88 bits per heavy atom. The Morgan fingerprint density at radius 1 is 1.12 bits per heavy atom. The zero-order chi connectivity index (χ0) is 18.8. The molecule has 3 rings (SSSR count). The molecule has 0 amide bonds. The molecule has 1 heterocycles. The Kier molecular flexibility index (Phi) is 5.89. The molecule has 134 valence electrons. The van der Waals surface area contributed by atoms with Crippen molar-refractivity contribution in [3.8, 4) is 0 Å². The summed E-state index contributed by atoms with van der Waals surface area (Å²) in [7, 11) is 1.32. The second-order valence-corrected chi connectivity index (χ2v) is 7.83. The number of esters is 1. The first-order valence-electron chi connectivity index (χ1n) is 7.22. The molecule has 0 unspecified atom stereocenters. The summed E-state index contributed by atoms with van der Waals surface area (Å²) < 4.78 is 5.58. The van der Waals surface area contributed by atoms with E-state index >= 15 is 0 Å². The third kappa shape index (κ3) is 4.05. The van der Waals surface area contributed by atoms with Crippen LogP contribution in [0.4, 0.5) is 11.4 Å². The number of anilines is 2. The van der Waals surface area contributed by atoms with E-state index < -0.39 is 5.97 Å². The molecule has 0 spiro atoms. The van der Waals surface area contributed by atoms with Crippen molar-refractivity contribution in [1.29, 1.82) is 0 Å². The van der Waals surface area contributed by atoms with Crippen molar-refractivity contribution in [1.82, 2.24) is 0 Å². The number of halogens is 3. The molecule has 3 aromatic rings. The number of carbonyl (C=O) groups is 1. The number of fused-ring (bicyclic) bond motifs is 1. The molecule has 0 radical (unpaired) electrons. The lowest BCUT2D eigenvalue weighted by Crippen LogP contribution is -2.19. The van der Waals surface area contributed by atoms with Gasteiger partial charge in [0.15, 0.2) is 5.11 Å². The summed E-state index contributed by atoms with van der Waals surface area (Å²) in [5, 5.41) is 8.63. The molecule has 26 heavy (non-hydrogen) atoms. The molecular formula is C17H11Cl3N2O2S2. The predicted octanol–water partition coefficient (Wildman–Crippen LogP) is 6.46. The summed E-state index contributed by atoms with van der Waals surface area (Å²) in [6.45, 7) is 0. The number of nitrogens with one attached hydrogen (secondary N) is 2. The lowest BCUT2D eigenvalue weighted by atomic mass is 10.2. The largest absolute Gasteiger partial charge is 0.465 e. The number of rotatable bonds is 3. The van der Waals surface area contributed by atoms with Crippen LogP contribution < -0.4 is 10.6 Å². The van der Waals surface area contributed by atoms with Gasteiger partial charge in [0, 0.05) is 20.8 Å². The van der Waals surface area contributed by atoms with Gasteiger partial charge in [-0.15, -0.1) is 11.3 Å². The van der Waals surface area contributed by atoms with Crippen LogP contribution >= 0.6 is 58.4 Å². The number of hydrogen-bond donors (Lipinski definition) is 2. The van der Waals surface area contributed by atoms with Gasteiger partial charge in [0.2, 0.25) is 0 Å². The summed E-state index contributed by atoms with van der Waals surface area (Å²) in [5.74, 6) is -0.460. The lowest BCUT2D eigenvalue weighted by molar-refractivity contribution is 0.0606. The van der Waals surface area contributed by atoms with E-state index in [0.29, 0.717) is 30.7 Å². The molecule has 0 aliphatic heterocycles. The average molecular weight is 446 g/mol. The molecule has 9 heteroatoms. The zero-order valence-electron chi connectivity index (χ0n) is 13.2. The van der Waals surface area contributed by atoms with Crippen molar-refractivity contribution in [3.63, 3.8) is 0 Å². The third-order valence-corrected chi connectivity index (χ3v) is 5.84. The second kappa shape index (κ2) is 7.98. The number of thiophene rings is 1.